The summed E-state index contributed by atoms with van der Waals surface area (Å²) in [5.41, 5.74) is 5.09. The molecular formula is C31H32N4O5. The van der Waals surface area contributed by atoms with Crippen molar-refractivity contribution in [1.29, 1.82) is 0 Å². The van der Waals surface area contributed by atoms with Crippen LogP contribution in [0.1, 0.15) is 46.0 Å². The minimum atomic E-state index is -0.557. The molecule has 0 bridgehead atoms. The van der Waals surface area contributed by atoms with Gasteiger partial charge in [0.25, 0.3) is 5.91 Å². The molecule has 2 N–H and O–H groups in total. The van der Waals surface area contributed by atoms with Gasteiger partial charge >= 0.3 is 0 Å². The summed E-state index contributed by atoms with van der Waals surface area (Å²) in [6, 6.07) is 22.8. The van der Waals surface area contributed by atoms with Crippen molar-refractivity contribution >= 4 is 22.6 Å². The summed E-state index contributed by atoms with van der Waals surface area (Å²) in [6.45, 7) is 4.05. The van der Waals surface area contributed by atoms with E-state index >= 15 is 0 Å². The lowest BCUT2D eigenvalue weighted by Gasteiger charge is -2.39. The van der Waals surface area contributed by atoms with Crippen LogP contribution in [0.25, 0.3) is 11.0 Å². The third-order valence-corrected chi connectivity index (χ3v) is 7.30. The van der Waals surface area contributed by atoms with E-state index in [1.54, 1.807) is 0 Å². The van der Waals surface area contributed by atoms with Gasteiger partial charge in [-0.3, -0.25) is 14.7 Å². The van der Waals surface area contributed by atoms with Crippen LogP contribution in [-0.2, 0) is 20.8 Å². The van der Waals surface area contributed by atoms with Crippen molar-refractivity contribution in [1.82, 2.24) is 14.9 Å². The molecule has 3 aromatic carbocycles. The minimum absolute atomic E-state index is 0.00746. The molecule has 1 aromatic heterocycles. The van der Waals surface area contributed by atoms with E-state index in [9.17, 15) is 9.90 Å². The number of hydrogen-bond donors (Lipinski definition) is 2. The van der Waals surface area contributed by atoms with Gasteiger partial charge in [-0.15, -0.1) is 0 Å². The first kappa shape index (κ1) is 26.5. The van der Waals surface area contributed by atoms with Gasteiger partial charge in [0, 0.05) is 37.3 Å². The molecule has 3 unspecified atom stereocenters. The van der Waals surface area contributed by atoms with Gasteiger partial charge in [-0.25, -0.2) is 4.98 Å². The molecule has 206 valence electrons. The summed E-state index contributed by atoms with van der Waals surface area (Å²) in [5.74, 6) is -0.326. The average molecular weight is 541 g/mol. The summed E-state index contributed by atoms with van der Waals surface area (Å²) in [4.78, 5) is 24.0. The molecule has 9 heteroatoms. The fourth-order valence-electron chi connectivity index (χ4n) is 5.09. The van der Waals surface area contributed by atoms with E-state index in [4.69, 9.17) is 14.2 Å². The first-order chi connectivity index (χ1) is 19.6. The predicted octanol–water partition coefficient (Wildman–Crippen LogP) is 4.25. The van der Waals surface area contributed by atoms with Gasteiger partial charge in [-0.2, -0.15) is 0 Å². The molecule has 2 aliphatic rings. The van der Waals surface area contributed by atoms with E-state index in [1.165, 1.54) is 6.20 Å². The number of benzene rings is 3. The molecule has 6 rings (SSSR count). The molecular weight excluding hydrogens is 508 g/mol. The number of aromatic nitrogens is 2. The fourth-order valence-corrected chi connectivity index (χ4v) is 5.09. The first-order valence-corrected chi connectivity index (χ1v) is 13.6. The molecule has 2 saturated heterocycles. The van der Waals surface area contributed by atoms with Crippen LogP contribution in [0.3, 0.4) is 0 Å². The van der Waals surface area contributed by atoms with E-state index in [2.05, 4.69) is 20.2 Å². The highest BCUT2D eigenvalue weighted by Gasteiger charge is 2.33. The number of anilines is 1. The molecule has 0 aliphatic carbocycles. The lowest BCUT2D eigenvalue weighted by molar-refractivity contribution is -0.253. The van der Waals surface area contributed by atoms with Gasteiger partial charge in [0.15, 0.2) is 6.29 Å². The Kier molecular flexibility index (Phi) is 8.08. The monoisotopic (exact) mass is 540 g/mol. The molecule has 4 aromatic rings. The maximum atomic E-state index is 12.8. The zero-order chi connectivity index (χ0) is 27.3. The Balaban J connectivity index is 1.17. The summed E-state index contributed by atoms with van der Waals surface area (Å²) in [6.07, 6.45) is 1.48. The van der Waals surface area contributed by atoms with Crippen LogP contribution in [0.5, 0.6) is 0 Å². The van der Waals surface area contributed by atoms with Crippen molar-refractivity contribution in [3.8, 4) is 0 Å². The van der Waals surface area contributed by atoms with E-state index in [0.717, 1.165) is 61.5 Å². The molecule has 0 radical (unpaired) electrons. The van der Waals surface area contributed by atoms with Crippen LogP contribution in [0.2, 0.25) is 0 Å². The number of carbonyl (C=O) groups is 1. The molecule has 0 saturated carbocycles. The summed E-state index contributed by atoms with van der Waals surface area (Å²) < 4.78 is 18.4. The predicted molar refractivity (Wildman–Crippen MR) is 150 cm³/mol. The highest BCUT2D eigenvalue weighted by molar-refractivity contribution is 6.03. The van der Waals surface area contributed by atoms with Crippen LogP contribution >= 0.6 is 0 Å². The van der Waals surface area contributed by atoms with Gasteiger partial charge in [-0.1, -0.05) is 48.5 Å². The summed E-state index contributed by atoms with van der Waals surface area (Å²) in [7, 11) is 0. The quantitative estimate of drug-likeness (QED) is 0.358. The topological polar surface area (TPSA) is 106 Å². The molecule has 3 atom stereocenters. The van der Waals surface area contributed by atoms with E-state index < -0.39 is 6.29 Å². The zero-order valence-corrected chi connectivity index (χ0v) is 22.1. The molecule has 3 heterocycles. The normalized spacial score (nSPS) is 21.8. The number of nitrogens with one attached hydrogen (secondary N) is 1. The van der Waals surface area contributed by atoms with Crippen molar-refractivity contribution in [3.63, 3.8) is 0 Å². The van der Waals surface area contributed by atoms with E-state index in [-0.39, 0.29) is 30.4 Å². The molecule has 2 fully saturated rings. The van der Waals surface area contributed by atoms with Crippen LogP contribution in [0, 0.1) is 0 Å². The van der Waals surface area contributed by atoms with Gasteiger partial charge in [0.05, 0.1) is 49.3 Å². The van der Waals surface area contributed by atoms with Gasteiger partial charge in [0.1, 0.15) is 5.69 Å². The van der Waals surface area contributed by atoms with Gasteiger partial charge in [0.2, 0.25) is 0 Å². The number of aliphatic hydroxyl groups excluding tert-OH is 1. The van der Waals surface area contributed by atoms with Crippen LogP contribution in [-0.4, -0.2) is 64.8 Å². The molecule has 2 aliphatic heterocycles. The maximum Gasteiger partial charge on any atom is 0.275 e. The third kappa shape index (κ3) is 6.19. The van der Waals surface area contributed by atoms with Crippen LogP contribution in [0.4, 0.5) is 5.69 Å². The third-order valence-electron chi connectivity index (χ3n) is 7.30. The van der Waals surface area contributed by atoms with Crippen LogP contribution in [0.15, 0.2) is 79.0 Å². The van der Waals surface area contributed by atoms with Gasteiger partial charge in [-0.05, 0) is 35.4 Å². The second-order valence-corrected chi connectivity index (χ2v) is 10.1. The van der Waals surface area contributed by atoms with Crippen LogP contribution < -0.4 is 5.32 Å². The smallest absolute Gasteiger partial charge is 0.275 e. The number of hydrogen-bond acceptors (Lipinski definition) is 8. The lowest BCUT2D eigenvalue weighted by Crippen LogP contribution is -2.44. The minimum Gasteiger partial charge on any atom is -0.392 e. The van der Waals surface area contributed by atoms with Gasteiger partial charge < -0.3 is 24.6 Å². The number of ether oxygens (including phenoxy) is 3. The summed E-state index contributed by atoms with van der Waals surface area (Å²) in [5, 5.41) is 12.3. The van der Waals surface area contributed by atoms with Crippen molar-refractivity contribution in [2.24, 2.45) is 0 Å². The first-order valence-electron chi connectivity index (χ1n) is 13.6. The second kappa shape index (κ2) is 12.2. The fraction of sp³-hybridized carbons (Fsp3) is 0.323. The Bertz CT molecular complexity index is 1440. The number of aliphatic hydroxyl groups is 1. The van der Waals surface area contributed by atoms with Crippen molar-refractivity contribution < 1.29 is 24.1 Å². The van der Waals surface area contributed by atoms with Crippen molar-refractivity contribution in [2.75, 3.05) is 38.2 Å². The lowest BCUT2D eigenvalue weighted by atomic mass is 9.99. The molecule has 0 spiro atoms. The zero-order valence-electron chi connectivity index (χ0n) is 22.1. The van der Waals surface area contributed by atoms with Crippen molar-refractivity contribution in [2.45, 2.75) is 31.5 Å². The SMILES string of the molecule is O=C(Nc1ccc(C2OC(CN3CCOCC3)CC(c3ccc(CO)cc3)O2)cc1)c1cnc2ccccc2n1. The van der Waals surface area contributed by atoms with E-state index in [0.29, 0.717) is 11.2 Å². The van der Waals surface area contributed by atoms with Crippen molar-refractivity contribution in [3.05, 3.63) is 101 Å². The maximum absolute atomic E-state index is 12.8. The number of morpholine rings is 1. The molecule has 9 nitrogen and oxygen atoms in total. The average Bonchev–Trinajstić information content (AvgIpc) is 3.01. The Morgan fingerprint density at radius 3 is 2.40 bits per heavy atom. The Labute approximate surface area is 232 Å². The van der Waals surface area contributed by atoms with E-state index in [1.807, 2.05) is 72.8 Å². The highest BCUT2D eigenvalue weighted by Crippen LogP contribution is 2.38. The number of fused-ring (bicyclic) bond motifs is 1. The number of amides is 1. The summed E-state index contributed by atoms with van der Waals surface area (Å²) >= 11 is 0. The second-order valence-electron chi connectivity index (χ2n) is 10.1. The Morgan fingerprint density at radius 2 is 1.65 bits per heavy atom. The standard InChI is InChI=1S/C31H32N4O5/c36-20-21-5-7-22(8-6-21)29-17-25(19-35-13-15-38-16-14-35)39-31(40-29)23-9-11-24(12-10-23)33-30(37)28-18-32-26-3-1-2-4-27(26)34-28/h1-12,18,25,29,31,36H,13-17,19-20H2,(H,33,37). The number of rotatable bonds is 7. The molecule has 40 heavy (non-hydrogen) atoms. The number of nitrogens with zero attached hydrogens (tertiary/aromatic N) is 3. The number of para-hydroxylation sites is 2. The Morgan fingerprint density at radius 1 is 0.925 bits per heavy atom. The largest absolute Gasteiger partial charge is 0.392 e. The molecule has 1 amide bonds. The Hall–Kier alpha value is -3.73. The highest BCUT2D eigenvalue weighted by atomic mass is 16.7. The number of carbonyl (C=O) groups excluding carboxylic acids is 1.